The molecule has 0 radical (unpaired) electrons. The van der Waals surface area contributed by atoms with Crippen molar-refractivity contribution in [2.75, 3.05) is 6.61 Å². The summed E-state index contributed by atoms with van der Waals surface area (Å²) in [6.07, 6.45) is 1.62. The largest absolute Gasteiger partial charge is 0.484 e. The fourth-order valence-corrected chi connectivity index (χ4v) is 2.08. The monoisotopic (exact) mass is 308 g/mol. The molecule has 23 heavy (non-hydrogen) atoms. The van der Waals surface area contributed by atoms with Gasteiger partial charge in [0.15, 0.2) is 12.4 Å². The lowest BCUT2D eigenvalue weighted by Crippen LogP contribution is -2.29. The maximum absolute atomic E-state index is 11.9. The van der Waals surface area contributed by atoms with Crippen molar-refractivity contribution < 1.29 is 9.53 Å². The van der Waals surface area contributed by atoms with Gasteiger partial charge in [-0.1, -0.05) is 36.4 Å². The van der Waals surface area contributed by atoms with Gasteiger partial charge in [0.1, 0.15) is 12.1 Å². The van der Waals surface area contributed by atoms with Crippen molar-refractivity contribution in [2.24, 2.45) is 0 Å². The lowest BCUT2D eigenvalue weighted by molar-refractivity contribution is -0.123. The number of para-hydroxylation sites is 2. The first-order valence-electron chi connectivity index (χ1n) is 7.22. The minimum Gasteiger partial charge on any atom is -0.484 e. The third-order valence-electron chi connectivity index (χ3n) is 3.21. The van der Waals surface area contributed by atoms with Crippen LogP contribution in [0.2, 0.25) is 0 Å². The quantitative estimate of drug-likeness (QED) is 0.756. The van der Waals surface area contributed by atoms with Gasteiger partial charge >= 0.3 is 0 Å². The Hall–Kier alpha value is -3.15. The predicted molar refractivity (Wildman–Crippen MR) is 85.1 cm³/mol. The Balaban J connectivity index is 1.55. The van der Waals surface area contributed by atoms with E-state index in [1.54, 1.807) is 18.5 Å². The number of hydrogen-bond donors (Lipinski definition) is 1. The fraction of sp³-hybridized carbons (Fsp3) is 0.118. The number of aromatic nitrogens is 3. The highest BCUT2D eigenvalue weighted by Crippen LogP contribution is 2.09. The predicted octanol–water partition coefficient (Wildman–Crippen LogP) is 1.96. The summed E-state index contributed by atoms with van der Waals surface area (Å²) in [5.74, 6) is 1.11. The molecule has 0 bridgehead atoms. The molecule has 0 spiro atoms. The molecule has 6 heteroatoms. The van der Waals surface area contributed by atoms with Crippen molar-refractivity contribution in [3.05, 3.63) is 72.8 Å². The number of benzene rings is 2. The number of nitrogens with one attached hydrogen (secondary N) is 1. The highest BCUT2D eigenvalue weighted by atomic mass is 16.5. The van der Waals surface area contributed by atoms with Gasteiger partial charge in [0.05, 0.1) is 6.54 Å². The van der Waals surface area contributed by atoms with Crippen LogP contribution in [0.5, 0.6) is 5.75 Å². The maximum atomic E-state index is 11.9. The van der Waals surface area contributed by atoms with Gasteiger partial charge in [0.2, 0.25) is 0 Å². The summed E-state index contributed by atoms with van der Waals surface area (Å²) in [6, 6.07) is 18.9. The molecule has 0 aliphatic rings. The van der Waals surface area contributed by atoms with Crippen LogP contribution in [0, 0.1) is 0 Å². The number of carbonyl (C=O) groups is 1. The van der Waals surface area contributed by atoms with Gasteiger partial charge in [0, 0.05) is 5.69 Å². The van der Waals surface area contributed by atoms with Crippen molar-refractivity contribution in [3.8, 4) is 11.4 Å². The second-order valence-corrected chi connectivity index (χ2v) is 4.83. The van der Waals surface area contributed by atoms with Gasteiger partial charge in [-0.15, -0.1) is 10.2 Å². The molecule has 0 saturated heterocycles. The molecule has 0 atom stereocenters. The highest BCUT2D eigenvalue weighted by Gasteiger charge is 2.08. The molecule has 0 aliphatic heterocycles. The molecule has 0 aliphatic carbocycles. The van der Waals surface area contributed by atoms with Crippen molar-refractivity contribution in [1.29, 1.82) is 0 Å². The van der Waals surface area contributed by atoms with Crippen molar-refractivity contribution in [3.63, 3.8) is 0 Å². The number of amides is 1. The summed E-state index contributed by atoms with van der Waals surface area (Å²) < 4.78 is 7.23. The normalized spacial score (nSPS) is 10.3. The summed E-state index contributed by atoms with van der Waals surface area (Å²) in [5.41, 5.74) is 0.947. The van der Waals surface area contributed by atoms with E-state index in [9.17, 15) is 4.79 Å². The number of nitrogens with zero attached hydrogens (tertiary/aromatic N) is 3. The SMILES string of the molecule is O=C(COc1ccccc1)NCc1nncn1-c1ccccc1. The van der Waals surface area contributed by atoms with Crippen LogP contribution in [-0.2, 0) is 11.3 Å². The fourth-order valence-electron chi connectivity index (χ4n) is 2.08. The van der Waals surface area contributed by atoms with E-state index in [1.807, 2.05) is 53.1 Å². The van der Waals surface area contributed by atoms with Crippen LogP contribution in [-0.4, -0.2) is 27.3 Å². The summed E-state index contributed by atoms with van der Waals surface area (Å²) >= 11 is 0. The van der Waals surface area contributed by atoms with E-state index in [4.69, 9.17) is 4.74 Å². The second-order valence-electron chi connectivity index (χ2n) is 4.83. The van der Waals surface area contributed by atoms with Crippen molar-refractivity contribution in [2.45, 2.75) is 6.54 Å². The zero-order valence-electron chi connectivity index (χ0n) is 12.4. The molecule has 0 fully saturated rings. The Morgan fingerprint density at radius 3 is 2.48 bits per heavy atom. The van der Waals surface area contributed by atoms with E-state index in [0.29, 0.717) is 11.6 Å². The molecule has 1 N–H and O–H groups in total. The molecule has 2 aromatic carbocycles. The van der Waals surface area contributed by atoms with Gasteiger partial charge in [0.25, 0.3) is 5.91 Å². The van der Waals surface area contributed by atoms with E-state index < -0.39 is 0 Å². The Bertz CT molecular complexity index is 757. The molecule has 3 aromatic rings. The molecule has 3 rings (SSSR count). The molecule has 1 aromatic heterocycles. The van der Waals surface area contributed by atoms with E-state index >= 15 is 0 Å². The van der Waals surface area contributed by atoms with E-state index in [0.717, 1.165) is 5.69 Å². The zero-order valence-corrected chi connectivity index (χ0v) is 12.4. The summed E-state index contributed by atoms with van der Waals surface area (Å²) in [6.45, 7) is 0.245. The smallest absolute Gasteiger partial charge is 0.258 e. The molecule has 116 valence electrons. The van der Waals surface area contributed by atoms with Gasteiger partial charge in [-0.2, -0.15) is 0 Å². The average molecular weight is 308 g/mol. The van der Waals surface area contributed by atoms with Gasteiger partial charge in [-0.05, 0) is 24.3 Å². The molecule has 0 saturated carbocycles. The third-order valence-corrected chi connectivity index (χ3v) is 3.21. The van der Waals surface area contributed by atoms with E-state index in [-0.39, 0.29) is 19.1 Å². The van der Waals surface area contributed by atoms with Crippen LogP contribution >= 0.6 is 0 Å². The van der Waals surface area contributed by atoms with Gasteiger partial charge in [-0.3, -0.25) is 9.36 Å². The van der Waals surface area contributed by atoms with E-state index in [2.05, 4.69) is 15.5 Å². The third kappa shape index (κ3) is 3.94. The minimum atomic E-state index is -0.212. The lowest BCUT2D eigenvalue weighted by Gasteiger charge is -2.09. The Morgan fingerprint density at radius 1 is 1.04 bits per heavy atom. The Morgan fingerprint density at radius 2 is 1.74 bits per heavy atom. The second kappa shape index (κ2) is 7.22. The first-order valence-corrected chi connectivity index (χ1v) is 7.22. The molecular weight excluding hydrogens is 292 g/mol. The van der Waals surface area contributed by atoms with Gasteiger partial charge < -0.3 is 10.1 Å². The first-order chi connectivity index (χ1) is 11.3. The zero-order chi connectivity index (χ0) is 15.9. The molecule has 0 unspecified atom stereocenters. The summed E-state index contributed by atoms with van der Waals surface area (Å²) in [7, 11) is 0. The minimum absolute atomic E-state index is 0.0382. The number of rotatable bonds is 6. The van der Waals surface area contributed by atoms with Crippen LogP contribution < -0.4 is 10.1 Å². The number of ether oxygens (including phenoxy) is 1. The Kier molecular flexibility index (Phi) is 4.63. The standard InChI is InChI=1S/C17H16N4O2/c22-17(12-23-15-9-5-2-6-10-15)18-11-16-20-19-13-21(16)14-7-3-1-4-8-14/h1-10,13H,11-12H2,(H,18,22). The topological polar surface area (TPSA) is 69.0 Å². The Labute approximate surface area is 133 Å². The summed E-state index contributed by atoms with van der Waals surface area (Å²) in [4.78, 5) is 11.9. The lowest BCUT2D eigenvalue weighted by atomic mass is 10.3. The van der Waals surface area contributed by atoms with Crippen LogP contribution in [0.1, 0.15) is 5.82 Å². The molecule has 1 heterocycles. The van der Waals surface area contributed by atoms with Crippen molar-refractivity contribution >= 4 is 5.91 Å². The van der Waals surface area contributed by atoms with Crippen LogP contribution in [0.3, 0.4) is 0 Å². The average Bonchev–Trinajstić information content (AvgIpc) is 3.08. The first kappa shape index (κ1) is 14.8. The summed E-state index contributed by atoms with van der Waals surface area (Å²) in [5, 5.41) is 10.7. The highest BCUT2D eigenvalue weighted by molar-refractivity contribution is 5.77. The molecule has 1 amide bonds. The van der Waals surface area contributed by atoms with Gasteiger partial charge in [-0.25, -0.2) is 0 Å². The number of carbonyl (C=O) groups excluding carboxylic acids is 1. The van der Waals surface area contributed by atoms with Crippen LogP contribution in [0.25, 0.3) is 5.69 Å². The number of hydrogen-bond acceptors (Lipinski definition) is 4. The van der Waals surface area contributed by atoms with Crippen LogP contribution in [0.15, 0.2) is 67.0 Å². The van der Waals surface area contributed by atoms with Crippen LogP contribution in [0.4, 0.5) is 0 Å². The van der Waals surface area contributed by atoms with Crippen molar-refractivity contribution in [1.82, 2.24) is 20.1 Å². The molecule has 6 nitrogen and oxygen atoms in total. The van der Waals surface area contributed by atoms with E-state index in [1.165, 1.54) is 0 Å². The maximum Gasteiger partial charge on any atom is 0.258 e. The molecular formula is C17H16N4O2.